The first-order valence-electron chi connectivity index (χ1n) is 6.42. The van der Waals surface area contributed by atoms with E-state index in [1.807, 2.05) is 6.07 Å². The summed E-state index contributed by atoms with van der Waals surface area (Å²) in [6.45, 7) is 12.5. The maximum absolute atomic E-state index is 5.90. The van der Waals surface area contributed by atoms with Crippen molar-refractivity contribution in [1.29, 1.82) is 0 Å². The fraction of sp³-hybridized carbons (Fsp3) is 0.600. The van der Waals surface area contributed by atoms with E-state index in [1.54, 1.807) is 0 Å². The number of benzene rings is 1. The monoisotopic (exact) mass is 313 g/mol. The Labute approximate surface area is 119 Å². The predicted molar refractivity (Wildman–Crippen MR) is 81.3 cm³/mol. The number of nitrogens with one attached hydrogen (secondary N) is 1. The molecule has 0 unspecified atom stereocenters. The van der Waals surface area contributed by atoms with Crippen LogP contribution in [0.1, 0.15) is 33.3 Å². The van der Waals surface area contributed by atoms with Crippen molar-refractivity contribution < 1.29 is 4.74 Å². The largest absolute Gasteiger partial charge is 0.492 e. The number of ether oxygens (including phenoxy) is 1. The summed E-state index contributed by atoms with van der Waals surface area (Å²) in [5, 5.41) is 3.45. The zero-order chi connectivity index (χ0) is 13.8. The van der Waals surface area contributed by atoms with Crippen LogP contribution in [0.15, 0.2) is 22.7 Å². The Kier molecular flexibility index (Phi) is 5.67. The number of hydrogen-bond acceptors (Lipinski definition) is 2. The molecule has 0 heterocycles. The van der Waals surface area contributed by atoms with Gasteiger partial charge in [0, 0.05) is 18.0 Å². The normalized spacial score (nSPS) is 11.9. The van der Waals surface area contributed by atoms with Crippen molar-refractivity contribution in [3.63, 3.8) is 0 Å². The van der Waals surface area contributed by atoms with Gasteiger partial charge < -0.3 is 10.1 Å². The predicted octanol–water partition coefficient (Wildman–Crippen LogP) is 4.16. The molecular weight excluding hydrogens is 290 g/mol. The van der Waals surface area contributed by atoms with E-state index in [4.69, 9.17) is 4.74 Å². The van der Waals surface area contributed by atoms with Gasteiger partial charge in [-0.2, -0.15) is 0 Å². The van der Waals surface area contributed by atoms with E-state index in [1.165, 1.54) is 5.56 Å². The zero-order valence-corrected chi connectivity index (χ0v) is 13.6. The van der Waals surface area contributed by atoms with Crippen LogP contribution in [0.3, 0.4) is 0 Å². The fourth-order valence-corrected chi connectivity index (χ4v) is 2.14. The molecule has 0 radical (unpaired) electrons. The van der Waals surface area contributed by atoms with Gasteiger partial charge in [-0.05, 0) is 40.5 Å². The topological polar surface area (TPSA) is 21.3 Å². The molecule has 0 spiro atoms. The van der Waals surface area contributed by atoms with E-state index in [-0.39, 0.29) is 5.41 Å². The molecule has 3 heteroatoms. The van der Waals surface area contributed by atoms with E-state index in [2.05, 4.69) is 68.0 Å². The van der Waals surface area contributed by atoms with Crippen molar-refractivity contribution in [3.8, 4) is 5.75 Å². The third kappa shape index (κ3) is 5.40. The minimum Gasteiger partial charge on any atom is -0.492 e. The molecule has 0 aliphatic heterocycles. The average Bonchev–Trinajstić information content (AvgIpc) is 2.25. The van der Waals surface area contributed by atoms with Gasteiger partial charge in [0.15, 0.2) is 0 Å². The Morgan fingerprint density at radius 1 is 1.33 bits per heavy atom. The molecule has 0 aliphatic carbocycles. The second-order valence-electron chi connectivity index (χ2n) is 5.92. The maximum Gasteiger partial charge on any atom is 0.133 e. The molecule has 0 saturated heterocycles. The van der Waals surface area contributed by atoms with Crippen molar-refractivity contribution in [2.75, 3.05) is 13.2 Å². The lowest BCUT2D eigenvalue weighted by Crippen LogP contribution is -2.37. The molecule has 18 heavy (non-hydrogen) atoms. The van der Waals surface area contributed by atoms with E-state index in [0.29, 0.717) is 12.6 Å². The van der Waals surface area contributed by atoms with Gasteiger partial charge in [0.05, 0.1) is 11.1 Å². The molecule has 1 N–H and O–H groups in total. The number of halogens is 1. The lowest BCUT2D eigenvalue weighted by atomic mass is 9.94. The van der Waals surface area contributed by atoms with Gasteiger partial charge in [0.1, 0.15) is 5.75 Å². The molecular formula is C15H24BrNO. The summed E-state index contributed by atoms with van der Waals surface area (Å²) in [4.78, 5) is 0. The van der Waals surface area contributed by atoms with Crippen LogP contribution in [0.5, 0.6) is 5.75 Å². The van der Waals surface area contributed by atoms with Gasteiger partial charge in [-0.3, -0.25) is 0 Å². The molecule has 0 aliphatic rings. The summed E-state index contributed by atoms with van der Waals surface area (Å²) in [7, 11) is 0. The van der Waals surface area contributed by atoms with Crippen LogP contribution in [-0.2, 0) is 0 Å². The van der Waals surface area contributed by atoms with Crippen LogP contribution >= 0.6 is 15.9 Å². The van der Waals surface area contributed by atoms with E-state index >= 15 is 0 Å². The Morgan fingerprint density at radius 2 is 2.00 bits per heavy atom. The number of aryl methyl sites for hydroxylation is 1. The number of hydrogen-bond donors (Lipinski definition) is 1. The first kappa shape index (κ1) is 15.5. The first-order chi connectivity index (χ1) is 8.30. The SMILES string of the molecule is Cc1ccc(OCC(C)(C)CNC(C)C)c(Br)c1. The standard InChI is InChI=1S/C15H24BrNO/c1-11(2)17-9-15(4,5)10-18-14-7-6-12(3)8-13(14)16/h6-8,11,17H,9-10H2,1-5H3. The van der Waals surface area contributed by atoms with Gasteiger partial charge in [-0.15, -0.1) is 0 Å². The molecule has 1 aromatic rings. The highest BCUT2D eigenvalue weighted by Crippen LogP contribution is 2.27. The van der Waals surface area contributed by atoms with Crippen molar-refractivity contribution in [2.24, 2.45) is 5.41 Å². The summed E-state index contributed by atoms with van der Waals surface area (Å²) < 4.78 is 6.93. The summed E-state index contributed by atoms with van der Waals surface area (Å²) >= 11 is 3.54. The summed E-state index contributed by atoms with van der Waals surface area (Å²) in [6, 6.07) is 6.68. The Balaban J connectivity index is 2.53. The maximum atomic E-state index is 5.90. The first-order valence-corrected chi connectivity index (χ1v) is 7.22. The van der Waals surface area contributed by atoms with E-state index in [9.17, 15) is 0 Å². The molecule has 1 rings (SSSR count). The second kappa shape index (κ2) is 6.58. The van der Waals surface area contributed by atoms with Gasteiger partial charge in [0.25, 0.3) is 0 Å². The van der Waals surface area contributed by atoms with E-state index < -0.39 is 0 Å². The third-order valence-corrected chi connectivity index (χ3v) is 3.31. The van der Waals surface area contributed by atoms with E-state index in [0.717, 1.165) is 16.8 Å². The second-order valence-corrected chi connectivity index (χ2v) is 6.78. The quantitative estimate of drug-likeness (QED) is 0.851. The Hall–Kier alpha value is -0.540. The number of rotatable bonds is 6. The smallest absolute Gasteiger partial charge is 0.133 e. The lowest BCUT2D eigenvalue weighted by molar-refractivity contribution is 0.172. The molecule has 1 aromatic carbocycles. The summed E-state index contributed by atoms with van der Waals surface area (Å²) in [6.07, 6.45) is 0. The molecule has 102 valence electrons. The zero-order valence-electron chi connectivity index (χ0n) is 12.0. The third-order valence-electron chi connectivity index (χ3n) is 2.69. The molecule has 2 nitrogen and oxygen atoms in total. The minimum atomic E-state index is 0.120. The Morgan fingerprint density at radius 3 is 2.56 bits per heavy atom. The molecule has 0 saturated carbocycles. The summed E-state index contributed by atoms with van der Waals surface area (Å²) in [5.41, 5.74) is 1.35. The molecule has 0 aromatic heterocycles. The molecule has 0 amide bonds. The van der Waals surface area contributed by atoms with Crippen LogP contribution in [0.2, 0.25) is 0 Å². The summed E-state index contributed by atoms with van der Waals surface area (Å²) in [5.74, 6) is 0.915. The van der Waals surface area contributed by atoms with Crippen molar-refractivity contribution >= 4 is 15.9 Å². The Bertz CT molecular complexity index is 388. The van der Waals surface area contributed by atoms with Crippen LogP contribution in [0.4, 0.5) is 0 Å². The molecule has 0 bridgehead atoms. The van der Waals surface area contributed by atoms with Crippen LogP contribution < -0.4 is 10.1 Å². The highest BCUT2D eigenvalue weighted by molar-refractivity contribution is 9.10. The fourth-order valence-electron chi connectivity index (χ4n) is 1.53. The van der Waals surface area contributed by atoms with Crippen LogP contribution in [0, 0.1) is 12.3 Å². The molecule has 0 atom stereocenters. The van der Waals surface area contributed by atoms with Crippen LogP contribution in [0.25, 0.3) is 0 Å². The van der Waals surface area contributed by atoms with Crippen LogP contribution in [-0.4, -0.2) is 19.2 Å². The minimum absolute atomic E-state index is 0.120. The van der Waals surface area contributed by atoms with Gasteiger partial charge in [-0.1, -0.05) is 33.8 Å². The van der Waals surface area contributed by atoms with Crippen molar-refractivity contribution in [3.05, 3.63) is 28.2 Å². The highest BCUT2D eigenvalue weighted by Gasteiger charge is 2.19. The van der Waals surface area contributed by atoms with Gasteiger partial charge in [0.2, 0.25) is 0 Å². The highest BCUT2D eigenvalue weighted by atomic mass is 79.9. The lowest BCUT2D eigenvalue weighted by Gasteiger charge is -2.26. The molecule has 0 fully saturated rings. The van der Waals surface area contributed by atoms with Crippen molar-refractivity contribution in [2.45, 2.75) is 40.7 Å². The van der Waals surface area contributed by atoms with Gasteiger partial charge in [-0.25, -0.2) is 0 Å². The average molecular weight is 314 g/mol. The van der Waals surface area contributed by atoms with Crippen molar-refractivity contribution in [1.82, 2.24) is 5.32 Å². The van der Waals surface area contributed by atoms with Gasteiger partial charge >= 0.3 is 0 Å².